The Morgan fingerprint density at radius 3 is 2.68 bits per heavy atom. The predicted octanol–water partition coefficient (Wildman–Crippen LogP) is 2.51. The number of rotatable bonds is 8. The molecule has 0 aliphatic rings. The Morgan fingerprint density at radius 1 is 1.21 bits per heavy atom. The van der Waals surface area contributed by atoms with Crippen LogP contribution >= 0.6 is 11.8 Å². The average Bonchev–Trinajstić information content (AvgIpc) is 2.39. The van der Waals surface area contributed by atoms with E-state index in [1.807, 2.05) is 7.05 Å². The lowest BCUT2D eigenvalue weighted by Crippen LogP contribution is -2.26. The number of amides is 1. The van der Waals surface area contributed by atoms with Crippen molar-refractivity contribution in [1.82, 2.24) is 10.6 Å². The summed E-state index contributed by atoms with van der Waals surface area (Å²) in [5, 5.41) is 5.99. The molecule has 1 rings (SSSR count). The smallest absolute Gasteiger partial charge is 0.220 e. The Kier molecular flexibility index (Phi) is 7.60. The van der Waals surface area contributed by atoms with Gasteiger partial charge in [0.2, 0.25) is 5.91 Å². The lowest BCUT2D eigenvalue weighted by atomic mass is 10.1. The summed E-state index contributed by atoms with van der Waals surface area (Å²) in [5.41, 5.74) is 2.62. The SMILES string of the molecule is CNCCCNC(=O)CCSc1ccc(C)c(C)c1. The Labute approximate surface area is 120 Å². The van der Waals surface area contributed by atoms with Crippen LogP contribution in [0.15, 0.2) is 23.1 Å². The molecule has 0 aliphatic heterocycles. The van der Waals surface area contributed by atoms with Crippen molar-refractivity contribution in [3.05, 3.63) is 29.3 Å². The zero-order valence-corrected chi connectivity index (χ0v) is 12.9. The molecule has 0 aromatic heterocycles. The van der Waals surface area contributed by atoms with Gasteiger partial charge >= 0.3 is 0 Å². The van der Waals surface area contributed by atoms with Gasteiger partial charge in [0.15, 0.2) is 0 Å². The number of hydrogen-bond donors (Lipinski definition) is 2. The van der Waals surface area contributed by atoms with Gasteiger partial charge in [0.25, 0.3) is 0 Å². The number of thioether (sulfide) groups is 1. The van der Waals surface area contributed by atoms with Gasteiger partial charge in [-0.25, -0.2) is 0 Å². The normalized spacial score (nSPS) is 10.5. The van der Waals surface area contributed by atoms with Gasteiger partial charge in [-0.1, -0.05) is 6.07 Å². The first-order valence-corrected chi connectivity index (χ1v) is 7.73. The topological polar surface area (TPSA) is 41.1 Å². The van der Waals surface area contributed by atoms with E-state index < -0.39 is 0 Å². The van der Waals surface area contributed by atoms with Gasteiger partial charge in [-0.05, 0) is 57.1 Å². The highest BCUT2D eigenvalue weighted by Crippen LogP contribution is 2.21. The molecule has 0 heterocycles. The lowest BCUT2D eigenvalue weighted by Gasteiger charge is -2.06. The van der Waals surface area contributed by atoms with E-state index in [1.165, 1.54) is 16.0 Å². The first kappa shape index (κ1) is 16.1. The molecule has 0 fully saturated rings. The second-order valence-electron chi connectivity index (χ2n) is 4.65. The number of carbonyl (C=O) groups excluding carboxylic acids is 1. The summed E-state index contributed by atoms with van der Waals surface area (Å²) in [6.07, 6.45) is 1.56. The fourth-order valence-corrected chi connectivity index (χ4v) is 2.59. The van der Waals surface area contributed by atoms with Crippen LogP contribution < -0.4 is 10.6 Å². The molecule has 0 unspecified atom stereocenters. The predicted molar refractivity (Wildman–Crippen MR) is 82.8 cm³/mol. The molecule has 19 heavy (non-hydrogen) atoms. The van der Waals surface area contributed by atoms with E-state index >= 15 is 0 Å². The molecule has 1 amide bonds. The number of benzene rings is 1. The van der Waals surface area contributed by atoms with Crippen LogP contribution in [0.4, 0.5) is 0 Å². The highest BCUT2D eigenvalue weighted by molar-refractivity contribution is 7.99. The van der Waals surface area contributed by atoms with Crippen LogP contribution in [0.2, 0.25) is 0 Å². The van der Waals surface area contributed by atoms with Crippen LogP contribution in [0.25, 0.3) is 0 Å². The molecule has 0 bridgehead atoms. The van der Waals surface area contributed by atoms with Crippen LogP contribution in [0.1, 0.15) is 24.0 Å². The zero-order valence-electron chi connectivity index (χ0n) is 12.1. The monoisotopic (exact) mass is 280 g/mol. The molecular weight excluding hydrogens is 256 g/mol. The minimum atomic E-state index is 0.146. The van der Waals surface area contributed by atoms with Crippen molar-refractivity contribution in [2.24, 2.45) is 0 Å². The number of nitrogens with one attached hydrogen (secondary N) is 2. The van der Waals surface area contributed by atoms with E-state index in [4.69, 9.17) is 0 Å². The molecule has 0 aliphatic carbocycles. The molecule has 0 saturated carbocycles. The van der Waals surface area contributed by atoms with Crippen molar-refractivity contribution in [1.29, 1.82) is 0 Å². The van der Waals surface area contributed by atoms with Gasteiger partial charge in [-0.15, -0.1) is 11.8 Å². The highest BCUT2D eigenvalue weighted by atomic mass is 32.2. The first-order valence-electron chi connectivity index (χ1n) is 6.75. The Hall–Kier alpha value is -1.00. The molecule has 0 radical (unpaired) electrons. The van der Waals surface area contributed by atoms with Crippen LogP contribution in [0, 0.1) is 13.8 Å². The summed E-state index contributed by atoms with van der Waals surface area (Å²) in [6.45, 7) is 5.93. The Morgan fingerprint density at radius 2 is 2.00 bits per heavy atom. The van der Waals surface area contributed by atoms with Gasteiger partial charge in [0.1, 0.15) is 0 Å². The van der Waals surface area contributed by atoms with E-state index in [9.17, 15) is 4.79 Å². The van der Waals surface area contributed by atoms with Gasteiger partial charge in [0, 0.05) is 23.6 Å². The molecule has 1 aromatic rings. The Balaban J connectivity index is 2.18. The number of carbonyl (C=O) groups is 1. The molecule has 0 spiro atoms. The van der Waals surface area contributed by atoms with Crippen molar-refractivity contribution in [3.8, 4) is 0 Å². The minimum absolute atomic E-state index is 0.146. The quantitative estimate of drug-likeness (QED) is 0.568. The van der Waals surface area contributed by atoms with Gasteiger partial charge in [-0.3, -0.25) is 4.79 Å². The molecule has 2 N–H and O–H groups in total. The molecule has 3 nitrogen and oxygen atoms in total. The van der Waals surface area contributed by atoms with Gasteiger partial charge in [-0.2, -0.15) is 0 Å². The zero-order chi connectivity index (χ0) is 14.1. The van der Waals surface area contributed by atoms with E-state index in [0.717, 1.165) is 25.3 Å². The summed E-state index contributed by atoms with van der Waals surface area (Å²) >= 11 is 1.74. The van der Waals surface area contributed by atoms with Gasteiger partial charge in [0.05, 0.1) is 0 Å². The summed E-state index contributed by atoms with van der Waals surface area (Å²) in [4.78, 5) is 12.8. The maximum atomic E-state index is 11.6. The van der Waals surface area contributed by atoms with E-state index in [1.54, 1.807) is 11.8 Å². The summed E-state index contributed by atoms with van der Waals surface area (Å²) < 4.78 is 0. The van der Waals surface area contributed by atoms with E-state index in [-0.39, 0.29) is 5.91 Å². The average molecular weight is 280 g/mol. The standard InChI is InChI=1S/C15H24N2OS/c1-12-5-6-14(11-13(12)2)19-10-7-15(18)17-9-4-8-16-3/h5-6,11,16H,4,7-10H2,1-3H3,(H,17,18). The highest BCUT2D eigenvalue weighted by Gasteiger charge is 2.02. The maximum Gasteiger partial charge on any atom is 0.220 e. The van der Waals surface area contributed by atoms with E-state index in [0.29, 0.717) is 6.42 Å². The van der Waals surface area contributed by atoms with Crippen molar-refractivity contribution in [3.63, 3.8) is 0 Å². The van der Waals surface area contributed by atoms with Gasteiger partial charge < -0.3 is 10.6 Å². The molecular formula is C15H24N2OS. The first-order chi connectivity index (χ1) is 9.13. The van der Waals surface area contributed by atoms with E-state index in [2.05, 4.69) is 42.7 Å². The van der Waals surface area contributed by atoms with Crippen LogP contribution in [-0.4, -0.2) is 31.8 Å². The van der Waals surface area contributed by atoms with Crippen molar-refractivity contribution in [2.45, 2.75) is 31.6 Å². The molecule has 1 aromatic carbocycles. The van der Waals surface area contributed by atoms with Crippen molar-refractivity contribution in [2.75, 3.05) is 25.9 Å². The maximum absolute atomic E-state index is 11.6. The molecule has 4 heteroatoms. The molecule has 0 atom stereocenters. The fourth-order valence-electron chi connectivity index (χ4n) is 1.65. The third-order valence-electron chi connectivity index (χ3n) is 3.00. The van der Waals surface area contributed by atoms with Crippen LogP contribution in [-0.2, 0) is 4.79 Å². The largest absolute Gasteiger partial charge is 0.356 e. The van der Waals surface area contributed by atoms with Crippen molar-refractivity contribution < 1.29 is 4.79 Å². The number of aryl methyl sites for hydroxylation is 2. The summed E-state index contributed by atoms with van der Waals surface area (Å²) in [5.74, 6) is 0.979. The second kappa shape index (κ2) is 8.99. The van der Waals surface area contributed by atoms with Crippen molar-refractivity contribution >= 4 is 17.7 Å². The Bertz CT molecular complexity index is 407. The third-order valence-corrected chi connectivity index (χ3v) is 4.00. The van der Waals surface area contributed by atoms with Crippen LogP contribution in [0.5, 0.6) is 0 Å². The summed E-state index contributed by atoms with van der Waals surface area (Å²) in [6, 6.07) is 6.44. The molecule has 0 saturated heterocycles. The van der Waals surface area contributed by atoms with Crippen LogP contribution in [0.3, 0.4) is 0 Å². The lowest BCUT2D eigenvalue weighted by molar-refractivity contribution is -0.120. The third kappa shape index (κ3) is 6.64. The number of hydrogen-bond acceptors (Lipinski definition) is 3. The summed E-state index contributed by atoms with van der Waals surface area (Å²) in [7, 11) is 1.92. The molecule has 106 valence electrons. The minimum Gasteiger partial charge on any atom is -0.356 e. The second-order valence-corrected chi connectivity index (χ2v) is 5.82. The fraction of sp³-hybridized carbons (Fsp3) is 0.533.